The molecule has 25 heavy (non-hydrogen) atoms. The second-order valence-corrected chi connectivity index (χ2v) is 6.43. The Hall–Kier alpha value is -2.82. The summed E-state index contributed by atoms with van der Waals surface area (Å²) >= 11 is 0. The van der Waals surface area contributed by atoms with Crippen LogP contribution in [0.2, 0.25) is 0 Å². The number of para-hydroxylation sites is 2. The molecule has 0 spiro atoms. The molecule has 1 heterocycles. The first-order valence-electron chi connectivity index (χ1n) is 8.45. The monoisotopic (exact) mass is 337 g/mol. The number of methoxy groups -OCH3 is 1. The smallest absolute Gasteiger partial charge is 0.251 e. The summed E-state index contributed by atoms with van der Waals surface area (Å²) in [6, 6.07) is 15.1. The summed E-state index contributed by atoms with van der Waals surface area (Å²) in [7, 11) is 1.61. The lowest BCUT2D eigenvalue weighted by Gasteiger charge is -2.12. The van der Waals surface area contributed by atoms with Gasteiger partial charge in [-0.05, 0) is 42.3 Å². The Labute approximate surface area is 147 Å². The van der Waals surface area contributed by atoms with Gasteiger partial charge in [0.1, 0.15) is 11.6 Å². The van der Waals surface area contributed by atoms with Gasteiger partial charge in [-0.1, -0.05) is 26.0 Å². The number of benzene rings is 2. The van der Waals surface area contributed by atoms with Crippen molar-refractivity contribution >= 4 is 16.9 Å². The van der Waals surface area contributed by atoms with Crippen LogP contribution in [0, 0.1) is 5.92 Å². The molecule has 1 aromatic heterocycles. The van der Waals surface area contributed by atoms with E-state index < -0.39 is 0 Å². The van der Waals surface area contributed by atoms with Gasteiger partial charge in [0.15, 0.2) is 0 Å². The number of rotatable bonds is 6. The van der Waals surface area contributed by atoms with E-state index in [4.69, 9.17) is 4.74 Å². The average molecular weight is 337 g/mol. The van der Waals surface area contributed by atoms with E-state index in [9.17, 15) is 4.79 Å². The molecule has 0 radical (unpaired) electrons. The van der Waals surface area contributed by atoms with Crippen LogP contribution in [-0.4, -0.2) is 22.6 Å². The van der Waals surface area contributed by atoms with E-state index in [0.717, 1.165) is 29.2 Å². The summed E-state index contributed by atoms with van der Waals surface area (Å²) in [6.45, 7) is 5.61. The molecule has 2 aromatic carbocycles. The summed E-state index contributed by atoms with van der Waals surface area (Å²) < 4.78 is 7.31. The van der Waals surface area contributed by atoms with Crippen molar-refractivity contribution in [3.05, 3.63) is 59.9 Å². The summed E-state index contributed by atoms with van der Waals surface area (Å²) in [4.78, 5) is 17.1. The number of carbonyl (C=O) groups excluding carboxylic acids is 1. The molecular weight excluding hydrogens is 314 g/mol. The van der Waals surface area contributed by atoms with Crippen molar-refractivity contribution in [2.75, 3.05) is 7.11 Å². The number of hydrogen-bond donors (Lipinski definition) is 1. The molecule has 1 N–H and O–H groups in total. The maximum Gasteiger partial charge on any atom is 0.251 e. The lowest BCUT2D eigenvalue weighted by molar-refractivity contribution is 0.0949. The minimum absolute atomic E-state index is 0.120. The quantitative estimate of drug-likeness (QED) is 0.747. The molecule has 0 bridgehead atoms. The van der Waals surface area contributed by atoms with Crippen molar-refractivity contribution in [2.24, 2.45) is 5.92 Å². The van der Waals surface area contributed by atoms with Gasteiger partial charge in [-0.15, -0.1) is 0 Å². The summed E-state index contributed by atoms with van der Waals surface area (Å²) in [5.41, 5.74) is 2.66. The molecule has 3 aromatic rings. The Morgan fingerprint density at radius 2 is 1.88 bits per heavy atom. The minimum atomic E-state index is -0.120. The van der Waals surface area contributed by atoms with Gasteiger partial charge in [0.2, 0.25) is 0 Å². The molecule has 0 aliphatic rings. The number of ether oxygens (including phenoxy) is 1. The molecule has 5 nitrogen and oxygen atoms in total. The zero-order chi connectivity index (χ0) is 17.8. The molecule has 130 valence electrons. The van der Waals surface area contributed by atoms with Crippen LogP contribution in [0.15, 0.2) is 48.5 Å². The first kappa shape index (κ1) is 17.0. The molecule has 0 saturated carbocycles. The van der Waals surface area contributed by atoms with E-state index in [1.54, 1.807) is 31.4 Å². The fraction of sp³-hybridized carbons (Fsp3) is 0.300. The van der Waals surface area contributed by atoms with E-state index >= 15 is 0 Å². The lowest BCUT2D eigenvalue weighted by atomic mass is 10.2. The zero-order valence-electron chi connectivity index (χ0n) is 14.8. The summed E-state index contributed by atoms with van der Waals surface area (Å²) in [5.74, 6) is 1.98. The third kappa shape index (κ3) is 3.82. The van der Waals surface area contributed by atoms with E-state index in [0.29, 0.717) is 18.0 Å². The minimum Gasteiger partial charge on any atom is -0.497 e. The maximum atomic E-state index is 12.4. The number of carbonyl (C=O) groups is 1. The molecule has 3 rings (SSSR count). The van der Waals surface area contributed by atoms with Crippen molar-refractivity contribution in [3.8, 4) is 5.75 Å². The van der Waals surface area contributed by atoms with E-state index in [-0.39, 0.29) is 5.91 Å². The summed E-state index contributed by atoms with van der Waals surface area (Å²) in [5, 5.41) is 2.96. The van der Waals surface area contributed by atoms with Crippen LogP contribution in [0.4, 0.5) is 0 Å². The third-order valence-electron chi connectivity index (χ3n) is 4.04. The first-order valence-corrected chi connectivity index (χ1v) is 8.45. The number of imidazole rings is 1. The Kier molecular flexibility index (Phi) is 5.03. The van der Waals surface area contributed by atoms with Crippen molar-refractivity contribution < 1.29 is 9.53 Å². The Balaban J connectivity index is 1.78. The number of nitrogens with one attached hydrogen (secondary N) is 1. The number of amides is 1. The van der Waals surface area contributed by atoms with Crippen LogP contribution in [-0.2, 0) is 13.1 Å². The summed E-state index contributed by atoms with van der Waals surface area (Å²) in [6.07, 6.45) is 0. The predicted molar refractivity (Wildman–Crippen MR) is 98.7 cm³/mol. The van der Waals surface area contributed by atoms with Crippen molar-refractivity contribution in [1.82, 2.24) is 14.9 Å². The van der Waals surface area contributed by atoms with Crippen LogP contribution in [0.1, 0.15) is 30.0 Å². The largest absolute Gasteiger partial charge is 0.497 e. The number of nitrogens with zero attached hydrogens (tertiary/aromatic N) is 2. The Bertz CT molecular complexity index is 866. The highest BCUT2D eigenvalue weighted by atomic mass is 16.5. The van der Waals surface area contributed by atoms with Crippen LogP contribution >= 0.6 is 0 Å². The second-order valence-electron chi connectivity index (χ2n) is 6.43. The highest BCUT2D eigenvalue weighted by molar-refractivity contribution is 5.94. The van der Waals surface area contributed by atoms with Gasteiger partial charge in [0.25, 0.3) is 5.91 Å². The highest BCUT2D eigenvalue weighted by Gasteiger charge is 2.13. The van der Waals surface area contributed by atoms with Crippen LogP contribution in [0.25, 0.3) is 11.0 Å². The molecule has 0 unspecified atom stereocenters. The van der Waals surface area contributed by atoms with Gasteiger partial charge in [0.05, 0.1) is 24.7 Å². The van der Waals surface area contributed by atoms with E-state index in [1.807, 2.05) is 18.2 Å². The number of hydrogen-bond acceptors (Lipinski definition) is 3. The van der Waals surface area contributed by atoms with Crippen molar-refractivity contribution in [2.45, 2.75) is 26.9 Å². The van der Waals surface area contributed by atoms with E-state index in [2.05, 4.69) is 34.8 Å². The molecule has 0 atom stereocenters. The fourth-order valence-electron chi connectivity index (χ4n) is 2.83. The normalized spacial score (nSPS) is 11.0. The van der Waals surface area contributed by atoms with Gasteiger partial charge in [0, 0.05) is 12.1 Å². The van der Waals surface area contributed by atoms with Crippen LogP contribution in [0.3, 0.4) is 0 Å². The van der Waals surface area contributed by atoms with Gasteiger partial charge in [-0.2, -0.15) is 0 Å². The topological polar surface area (TPSA) is 56.1 Å². The Morgan fingerprint density at radius 1 is 1.16 bits per heavy atom. The maximum absolute atomic E-state index is 12.4. The van der Waals surface area contributed by atoms with E-state index in [1.165, 1.54) is 0 Å². The average Bonchev–Trinajstić information content (AvgIpc) is 2.97. The number of aromatic nitrogens is 2. The number of fused-ring (bicyclic) bond motifs is 1. The van der Waals surface area contributed by atoms with Gasteiger partial charge < -0.3 is 14.6 Å². The van der Waals surface area contributed by atoms with Gasteiger partial charge in [-0.25, -0.2) is 4.98 Å². The SMILES string of the molecule is COc1ccc(C(=O)NCc2nc3ccccc3n2CC(C)C)cc1. The van der Waals surface area contributed by atoms with Crippen molar-refractivity contribution in [1.29, 1.82) is 0 Å². The highest BCUT2D eigenvalue weighted by Crippen LogP contribution is 2.18. The molecule has 0 aliphatic carbocycles. The van der Waals surface area contributed by atoms with Gasteiger partial charge in [-0.3, -0.25) is 4.79 Å². The predicted octanol–water partition coefficient (Wildman–Crippen LogP) is 3.63. The van der Waals surface area contributed by atoms with Gasteiger partial charge >= 0.3 is 0 Å². The Morgan fingerprint density at radius 3 is 2.56 bits per heavy atom. The van der Waals surface area contributed by atoms with Crippen LogP contribution in [0.5, 0.6) is 5.75 Å². The molecule has 0 fully saturated rings. The molecule has 1 amide bonds. The second kappa shape index (κ2) is 7.38. The first-order chi connectivity index (χ1) is 12.1. The standard InChI is InChI=1S/C20H23N3O2/c1-14(2)13-23-18-7-5-4-6-17(18)22-19(23)12-21-20(24)15-8-10-16(25-3)11-9-15/h4-11,14H,12-13H2,1-3H3,(H,21,24). The molecule has 5 heteroatoms. The third-order valence-corrected chi connectivity index (χ3v) is 4.04. The van der Waals surface area contributed by atoms with Crippen LogP contribution < -0.4 is 10.1 Å². The molecule has 0 saturated heterocycles. The van der Waals surface area contributed by atoms with Crippen molar-refractivity contribution in [3.63, 3.8) is 0 Å². The molecule has 0 aliphatic heterocycles. The fourth-order valence-corrected chi connectivity index (χ4v) is 2.83. The lowest BCUT2D eigenvalue weighted by Crippen LogP contribution is -2.25. The zero-order valence-corrected chi connectivity index (χ0v) is 14.8. The molecular formula is C20H23N3O2.